The maximum absolute atomic E-state index is 5.17. The fourth-order valence-corrected chi connectivity index (χ4v) is 1.58. The second-order valence-corrected chi connectivity index (χ2v) is 3.76. The van der Waals surface area contributed by atoms with E-state index in [9.17, 15) is 0 Å². The summed E-state index contributed by atoms with van der Waals surface area (Å²) < 4.78 is 5.17. The van der Waals surface area contributed by atoms with Gasteiger partial charge in [-0.1, -0.05) is 6.07 Å². The van der Waals surface area contributed by atoms with Crippen molar-refractivity contribution in [2.24, 2.45) is 4.99 Å². The van der Waals surface area contributed by atoms with Gasteiger partial charge in [-0.3, -0.25) is 4.99 Å². The Morgan fingerprint density at radius 2 is 2.50 bits per heavy atom. The van der Waals surface area contributed by atoms with Crippen molar-refractivity contribution in [1.29, 1.82) is 0 Å². The Hall–Kier alpha value is -1.78. The zero-order valence-corrected chi connectivity index (χ0v) is 9.53. The third-order valence-electron chi connectivity index (χ3n) is 2.40. The van der Waals surface area contributed by atoms with E-state index in [2.05, 4.69) is 27.5 Å². The molecule has 5 nitrogen and oxygen atoms in total. The van der Waals surface area contributed by atoms with E-state index in [1.54, 1.807) is 13.3 Å². The highest BCUT2D eigenvalue weighted by molar-refractivity contribution is 5.81. The minimum atomic E-state index is 0.415. The maximum atomic E-state index is 5.17. The van der Waals surface area contributed by atoms with Gasteiger partial charge in [-0.25, -0.2) is 4.98 Å². The fourth-order valence-electron chi connectivity index (χ4n) is 1.58. The summed E-state index contributed by atoms with van der Waals surface area (Å²) in [6.07, 6.45) is 1.72. The number of ether oxygens (including phenoxy) is 1. The van der Waals surface area contributed by atoms with Crippen LogP contribution >= 0.6 is 0 Å². The molecule has 0 saturated heterocycles. The van der Waals surface area contributed by atoms with Crippen LogP contribution < -0.4 is 15.4 Å². The lowest BCUT2D eigenvalue weighted by Gasteiger charge is -2.10. The number of guanidine groups is 1. The molecule has 0 radical (unpaired) electrons. The molecule has 0 aliphatic carbocycles. The Morgan fingerprint density at radius 3 is 3.19 bits per heavy atom. The normalized spacial score (nSPS) is 18.9. The number of hydrogen-bond donors (Lipinski definition) is 2. The van der Waals surface area contributed by atoms with Gasteiger partial charge in [0.1, 0.15) is 0 Å². The summed E-state index contributed by atoms with van der Waals surface area (Å²) in [5.41, 5.74) is 1.02. The monoisotopic (exact) mass is 220 g/mol. The van der Waals surface area contributed by atoms with Gasteiger partial charge in [-0.2, -0.15) is 0 Å². The average molecular weight is 220 g/mol. The van der Waals surface area contributed by atoms with E-state index in [4.69, 9.17) is 4.74 Å². The van der Waals surface area contributed by atoms with E-state index in [0.29, 0.717) is 18.5 Å². The third-order valence-corrected chi connectivity index (χ3v) is 2.40. The molecule has 0 bridgehead atoms. The minimum Gasteiger partial charge on any atom is -0.481 e. The van der Waals surface area contributed by atoms with E-state index in [1.807, 2.05) is 12.1 Å². The lowest BCUT2D eigenvalue weighted by atomic mass is 10.3. The van der Waals surface area contributed by atoms with Gasteiger partial charge in [-0.15, -0.1) is 0 Å². The van der Waals surface area contributed by atoms with Crippen LogP contribution in [0.5, 0.6) is 5.88 Å². The van der Waals surface area contributed by atoms with Gasteiger partial charge in [0.05, 0.1) is 13.7 Å². The van der Waals surface area contributed by atoms with Crippen LogP contribution in [0.2, 0.25) is 0 Å². The molecule has 86 valence electrons. The third kappa shape index (κ3) is 2.42. The van der Waals surface area contributed by atoms with Crippen LogP contribution in [-0.2, 0) is 6.54 Å². The van der Waals surface area contributed by atoms with Gasteiger partial charge in [0.15, 0.2) is 5.96 Å². The zero-order chi connectivity index (χ0) is 11.4. The molecule has 1 aromatic rings. The molecule has 16 heavy (non-hydrogen) atoms. The molecular formula is C11H16N4O. The predicted octanol–water partition coefficient (Wildman–Crippen LogP) is 0.527. The Bertz CT molecular complexity index is 391. The topological polar surface area (TPSA) is 58.5 Å². The number of rotatable bonds is 3. The summed E-state index contributed by atoms with van der Waals surface area (Å²) in [5, 5.41) is 6.46. The second kappa shape index (κ2) is 4.83. The van der Waals surface area contributed by atoms with E-state index in [1.165, 1.54) is 0 Å². The molecule has 1 aromatic heterocycles. The van der Waals surface area contributed by atoms with Gasteiger partial charge in [0, 0.05) is 24.3 Å². The Morgan fingerprint density at radius 1 is 1.62 bits per heavy atom. The van der Waals surface area contributed by atoms with Crippen molar-refractivity contribution in [1.82, 2.24) is 15.6 Å². The SMILES string of the molecule is COc1ncccc1CNC1=NCC(C)N1. The summed E-state index contributed by atoms with van der Waals surface area (Å²) in [6.45, 7) is 3.59. The van der Waals surface area contributed by atoms with Crippen molar-refractivity contribution in [3.05, 3.63) is 23.9 Å². The highest BCUT2D eigenvalue weighted by atomic mass is 16.5. The molecule has 0 spiro atoms. The number of methoxy groups -OCH3 is 1. The van der Waals surface area contributed by atoms with Crippen LogP contribution in [0.4, 0.5) is 0 Å². The van der Waals surface area contributed by atoms with Gasteiger partial charge >= 0.3 is 0 Å². The molecule has 0 aromatic carbocycles. The quantitative estimate of drug-likeness (QED) is 0.780. The van der Waals surface area contributed by atoms with Crippen molar-refractivity contribution < 1.29 is 4.74 Å². The average Bonchev–Trinajstić information content (AvgIpc) is 2.73. The second-order valence-electron chi connectivity index (χ2n) is 3.76. The summed E-state index contributed by atoms with van der Waals surface area (Å²) in [7, 11) is 1.62. The van der Waals surface area contributed by atoms with Crippen LogP contribution in [0.3, 0.4) is 0 Å². The summed E-state index contributed by atoms with van der Waals surface area (Å²) >= 11 is 0. The van der Waals surface area contributed by atoms with Gasteiger partial charge in [0.25, 0.3) is 0 Å². The largest absolute Gasteiger partial charge is 0.481 e. The summed E-state index contributed by atoms with van der Waals surface area (Å²) in [4.78, 5) is 8.46. The molecule has 2 rings (SSSR count). The molecule has 5 heteroatoms. The molecule has 0 fully saturated rings. The molecule has 2 heterocycles. The van der Waals surface area contributed by atoms with Crippen LogP contribution in [-0.4, -0.2) is 30.6 Å². The summed E-state index contributed by atoms with van der Waals surface area (Å²) in [6, 6.07) is 4.29. The number of pyridine rings is 1. The maximum Gasteiger partial charge on any atom is 0.218 e. The zero-order valence-electron chi connectivity index (χ0n) is 9.53. The van der Waals surface area contributed by atoms with E-state index < -0.39 is 0 Å². The van der Waals surface area contributed by atoms with Crippen LogP contribution in [0.15, 0.2) is 23.3 Å². The molecule has 1 atom stereocenters. The molecule has 1 aliphatic heterocycles. The molecule has 2 N–H and O–H groups in total. The smallest absolute Gasteiger partial charge is 0.218 e. The van der Waals surface area contributed by atoms with Crippen molar-refractivity contribution >= 4 is 5.96 Å². The molecule has 1 unspecified atom stereocenters. The molecule has 1 aliphatic rings. The standard InChI is InChI=1S/C11H16N4O/c1-8-6-13-11(15-8)14-7-9-4-3-5-12-10(9)16-2/h3-5,8H,6-7H2,1-2H3,(H2,13,14,15). The number of aliphatic imine (C=N–C) groups is 1. The van der Waals surface area contributed by atoms with Crippen molar-refractivity contribution in [3.63, 3.8) is 0 Å². The number of hydrogen-bond acceptors (Lipinski definition) is 5. The lowest BCUT2D eigenvalue weighted by molar-refractivity contribution is 0.392. The molecular weight excluding hydrogens is 204 g/mol. The van der Waals surface area contributed by atoms with E-state index in [-0.39, 0.29) is 0 Å². The number of nitrogens with one attached hydrogen (secondary N) is 2. The van der Waals surface area contributed by atoms with Crippen LogP contribution in [0.25, 0.3) is 0 Å². The first-order valence-electron chi connectivity index (χ1n) is 5.32. The number of nitrogens with zero attached hydrogens (tertiary/aromatic N) is 2. The Kier molecular flexibility index (Phi) is 3.24. The highest BCUT2D eigenvalue weighted by Crippen LogP contribution is 2.12. The van der Waals surface area contributed by atoms with Crippen LogP contribution in [0, 0.1) is 0 Å². The summed E-state index contributed by atoms with van der Waals surface area (Å²) in [5.74, 6) is 1.50. The molecule has 0 amide bonds. The first-order chi connectivity index (χ1) is 7.79. The van der Waals surface area contributed by atoms with Gasteiger partial charge < -0.3 is 15.4 Å². The lowest BCUT2D eigenvalue weighted by Crippen LogP contribution is -2.37. The Balaban J connectivity index is 1.94. The van der Waals surface area contributed by atoms with Crippen molar-refractivity contribution in [2.75, 3.05) is 13.7 Å². The first-order valence-corrected chi connectivity index (χ1v) is 5.32. The van der Waals surface area contributed by atoms with E-state index >= 15 is 0 Å². The predicted molar refractivity (Wildman–Crippen MR) is 62.5 cm³/mol. The van der Waals surface area contributed by atoms with Crippen molar-refractivity contribution in [2.45, 2.75) is 19.5 Å². The number of aromatic nitrogens is 1. The highest BCUT2D eigenvalue weighted by Gasteiger charge is 2.12. The first kappa shape index (κ1) is 10.7. The fraction of sp³-hybridized carbons (Fsp3) is 0.455. The minimum absolute atomic E-state index is 0.415. The van der Waals surface area contributed by atoms with Crippen molar-refractivity contribution in [3.8, 4) is 5.88 Å². The Labute approximate surface area is 94.9 Å². The van der Waals surface area contributed by atoms with Crippen LogP contribution in [0.1, 0.15) is 12.5 Å². The van der Waals surface area contributed by atoms with E-state index in [0.717, 1.165) is 18.1 Å². The van der Waals surface area contributed by atoms with Gasteiger partial charge in [0.2, 0.25) is 5.88 Å². The molecule has 0 saturated carbocycles. The van der Waals surface area contributed by atoms with Gasteiger partial charge in [-0.05, 0) is 13.0 Å².